The first-order chi connectivity index (χ1) is 17.1. The number of carbonyl (C=O) groups excluding carboxylic acids is 2. The average Bonchev–Trinajstić information content (AvgIpc) is 2.84. The van der Waals surface area contributed by atoms with Crippen LogP contribution in [0.5, 0.6) is 0 Å². The zero-order valence-electron chi connectivity index (χ0n) is 20.9. The van der Waals surface area contributed by atoms with Crippen molar-refractivity contribution in [2.24, 2.45) is 0 Å². The van der Waals surface area contributed by atoms with Crippen molar-refractivity contribution in [3.05, 3.63) is 59.2 Å². The van der Waals surface area contributed by atoms with E-state index in [1.165, 1.54) is 7.11 Å². The number of esters is 1. The van der Waals surface area contributed by atoms with Gasteiger partial charge in [-0.3, -0.25) is 4.98 Å². The van der Waals surface area contributed by atoms with Gasteiger partial charge in [-0.15, -0.1) is 0 Å². The number of nitrogens with one attached hydrogen (secondary N) is 2. The van der Waals surface area contributed by atoms with Crippen molar-refractivity contribution < 1.29 is 19.1 Å². The molecule has 3 aromatic rings. The number of rotatable bonds is 5. The van der Waals surface area contributed by atoms with Gasteiger partial charge in [0.15, 0.2) is 0 Å². The predicted molar refractivity (Wildman–Crippen MR) is 142 cm³/mol. The lowest BCUT2D eigenvalue weighted by molar-refractivity contribution is 0.0210. The zero-order chi connectivity index (χ0) is 25.9. The molecule has 2 heterocycles. The Morgan fingerprint density at radius 1 is 1.08 bits per heavy atom. The summed E-state index contributed by atoms with van der Waals surface area (Å²) in [5.74, 6) is -0.432. The Hall–Kier alpha value is -3.52. The molecule has 36 heavy (non-hydrogen) atoms. The summed E-state index contributed by atoms with van der Waals surface area (Å²) >= 11 is 6.33. The van der Waals surface area contributed by atoms with E-state index in [0.717, 1.165) is 35.1 Å². The van der Waals surface area contributed by atoms with Crippen molar-refractivity contribution in [3.63, 3.8) is 0 Å². The maximum Gasteiger partial charge on any atom is 0.410 e. The van der Waals surface area contributed by atoms with E-state index in [0.29, 0.717) is 29.4 Å². The number of fused-ring (bicyclic) bond motifs is 1. The van der Waals surface area contributed by atoms with Gasteiger partial charge in [-0.05, 0) is 63.9 Å². The third-order valence-electron chi connectivity index (χ3n) is 5.93. The van der Waals surface area contributed by atoms with Gasteiger partial charge in [0.2, 0.25) is 0 Å². The lowest BCUT2D eigenvalue weighted by Gasteiger charge is -2.34. The van der Waals surface area contributed by atoms with Gasteiger partial charge in [0.25, 0.3) is 0 Å². The molecule has 1 aliphatic rings. The van der Waals surface area contributed by atoms with Gasteiger partial charge in [0, 0.05) is 29.5 Å². The molecule has 0 unspecified atom stereocenters. The highest BCUT2D eigenvalue weighted by atomic mass is 35.5. The van der Waals surface area contributed by atoms with E-state index < -0.39 is 11.6 Å². The summed E-state index contributed by atoms with van der Waals surface area (Å²) < 4.78 is 10.5. The highest BCUT2D eigenvalue weighted by Gasteiger charge is 2.27. The summed E-state index contributed by atoms with van der Waals surface area (Å²) in [6.45, 7) is 6.78. The van der Waals surface area contributed by atoms with Crippen LogP contribution in [0.3, 0.4) is 0 Å². The quantitative estimate of drug-likeness (QED) is 0.393. The van der Waals surface area contributed by atoms with Gasteiger partial charge in [-0.1, -0.05) is 23.7 Å². The zero-order valence-corrected chi connectivity index (χ0v) is 21.7. The Kier molecular flexibility index (Phi) is 7.54. The fraction of sp³-hybridized carbons (Fsp3) is 0.370. The van der Waals surface area contributed by atoms with Crippen LogP contribution in [0.1, 0.15) is 44.0 Å². The average molecular weight is 511 g/mol. The number of methoxy groups -OCH3 is 1. The monoisotopic (exact) mass is 510 g/mol. The molecule has 9 heteroatoms. The predicted octanol–water partition coefficient (Wildman–Crippen LogP) is 6.23. The van der Waals surface area contributed by atoms with Crippen molar-refractivity contribution in [2.75, 3.05) is 30.8 Å². The topological polar surface area (TPSA) is 92.8 Å². The Balaban J connectivity index is 1.60. The van der Waals surface area contributed by atoms with Crippen LogP contribution < -0.4 is 10.6 Å². The maximum atomic E-state index is 12.4. The minimum absolute atomic E-state index is 0.124. The van der Waals surface area contributed by atoms with Crippen LogP contribution in [0.4, 0.5) is 21.9 Å². The van der Waals surface area contributed by atoms with Gasteiger partial charge < -0.3 is 25.0 Å². The molecule has 2 N–H and O–H groups in total. The number of amides is 1. The van der Waals surface area contributed by atoms with E-state index >= 15 is 0 Å². The van der Waals surface area contributed by atoms with Crippen LogP contribution >= 0.6 is 11.6 Å². The number of likely N-dealkylation sites (tertiary alicyclic amines) is 1. The molecule has 1 saturated heterocycles. The van der Waals surface area contributed by atoms with Crippen LogP contribution in [-0.2, 0) is 9.47 Å². The molecule has 0 atom stereocenters. The third-order valence-corrected chi connectivity index (χ3v) is 6.16. The first kappa shape index (κ1) is 25.6. The third kappa shape index (κ3) is 5.99. The number of ether oxygens (including phenoxy) is 2. The number of carbonyl (C=O) groups is 2. The molecule has 0 spiro atoms. The number of hydrogen-bond donors (Lipinski definition) is 2. The largest absolute Gasteiger partial charge is 0.465 e. The lowest BCUT2D eigenvalue weighted by Crippen LogP contribution is -2.44. The van der Waals surface area contributed by atoms with Crippen molar-refractivity contribution in [1.82, 2.24) is 9.88 Å². The Bertz CT molecular complexity index is 1270. The van der Waals surface area contributed by atoms with Crippen LogP contribution in [0.15, 0.2) is 48.7 Å². The molecule has 0 saturated carbocycles. The normalized spacial score (nSPS) is 14.4. The molecule has 4 rings (SSSR count). The Morgan fingerprint density at radius 3 is 2.50 bits per heavy atom. The van der Waals surface area contributed by atoms with Crippen LogP contribution in [0.25, 0.3) is 10.9 Å². The van der Waals surface area contributed by atoms with Crippen LogP contribution in [0, 0.1) is 0 Å². The Morgan fingerprint density at radius 2 is 1.81 bits per heavy atom. The molecule has 190 valence electrons. The molecule has 2 aromatic carbocycles. The molecular formula is C27H31ClN4O4. The molecule has 1 aliphatic heterocycles. The lowest BCUT2D eigenvalue weighted by atomic mass is 10.0. The van der Waals surface area contributed by atoms with Crippen molar-refractivity contribution in [3.8, 4) is 0 Å². The van der Waals surface area contributed by atoms with Crippen LogP contribution in [-0.4, -0.2) is 53.8 Å². The summed E-state index contributed by atoms with van der Waals surface area (Å²) in [7, 11) is 1.36. The van der Waals surface area contributed by atoms with E-state index in [2.05, 4.69) is 15.6 Å². The van der Waals surface area contributed by atoms with Crippen molar-refractivity contribution in [2.45, 2.75) is 45.3 Å². The second-order valence-corrected chi connectivity index (χ2v) is 10.2. The second kappa shape index (κ2) is 10.6. The number of nitrogens with zero attached hydrogens (tertiary/aromatic N) is 2. The number of anilines is 3. The number of para-hydroxylation sites is 1. The van der Waals surface area contributed by atoms with E-state index in [1.54, 1.807) is 29.3 Å². The smallest absolute Gasteiger partial charge is 0.410 e. The highest BCUT2D eigenvalue weighted by Crippen LogP contribution is 2.36. The number of benzene rings is 2. The van der Waals surface area contributed by atoms with Gasteiger partial charge in [0.1, 0.15) is 5.60 Å². The highest BCUT2D eigenvalue weighted by molar-refractivity contribution is 6.31. The maximum absolute atomic E-state index is 12.4. The van der Waals surface area contributed by atoms with Gasteiger partial charge >= 0.3 is 12.1 Å². The number of halogens is 1. The summed E-state index contributed by atoms with van der Waals surface area (Å²) in [5, 5.41) is 8.41. The SMILES string of the molecule is COC(=O)c1ccccc1Nc1c(NC2CCN(C(=O)OC(C)(C)C)CC2)cnc2ccc(Cl)cc12. The number of aromatic nitrogens is 1. The number of piperidine rings is 1. The summed E-state index contributed by atoms with van der Waals surface area (Å²) in [6, 6.07) is 12.8. The van der Waals surface area contributed by atoms with Crippen LogP contribution in [0.2, 0.25) is 5.02 Å². The minimum Gasteiger partial charge on any atom is -0.465 e. The Labute approximate surface area is 215 Å². The summed E-state index contributed by atoms with van der Waals surface area (Å²) in [5.41, 5.74) is 2.81. The van der Waals surface area contributed by atoms with Gasteiger partial charge in [0.05, 0.1) is 41.4 Å². The molecule has 8 nitrogen and oxygen atoms in total. The first-order valence-electron chi connectivity index (χ1n) is 11.9. The van der Waals surface area contributed by atoms with E-state index in [9.17, 15) is 9.59 Å². The number of pyridine rings is 1. The van der Waals surface area contributed by atoms with E-state index in [4.69, 9.17) is 21.1 Å². The molecule has 0 bridgehead atoms. The van der Waals surface area contributed by atoms with Gasteiger partial charge in [-0.2, -0.15) is 0 Å². The summed E-state index contributed by atoms with van der Waals surface area (Å²) in [4.78, 5) is 31.2. The summed E-state index contributed by atoms with van der Waals surface area (Å²) in [6.07, 6.45) is 3.00. The van der Waals surface area contributed by atoms with Crippen molar-refractivity contribution in [1.29, 1.82) is 0 Å². The second-order valence-electron chi connectivity index (χ2n) is 9.76. The number of hydrogen-bond acceptors (Lipinski definition) is 7. The molecule has 0 aliphatic carbocycles. The fourth-order valence-corrected chi connectivity index (χ4v) is 4.35. The van der Waals surface area contributed by atoms with E-state index in [-0.39, 0.29) is 12.1 Å². The first-order valence-corrected chi connectivity index (χ1v) is 12.3. The van der Waals surface area contributed by atoms with E-state index in [1.807, 2.05) is 45.0 Å². The minimum atomic E-state index is -0.523. The van der Waals surface area contributed by atoms with Crippen molar-refractivity contribution >= 4 is 51.6 Å². The fourth-order valence-electron chi connectivity index (χ4n) is 4.18. The molecular weight excluding hydrogens is 480 g/mol. The molecule has 1 fully saturated rings. The molecule has 0 radical (unpaired) electrons. The molecule has 1 aromatic heterocycles. The molecule has 1 amide bonds. The standard InChI is InChI=1S/C27H31ClN4O4/c1-27(2,3)36-26(34)32-13-11-18(12-14-32)30-23-16-29-21-10-9-17(28)15-20(21)24(23)31-22-8-6-5-7-19(22)25(33)35-4/h5-10,15-16,18,30H,11-14H2,1-4H3,(H,29,31). The van der Waals surface area contributed by atoms with Gasteiger partial charge in [-0.25, -0.2) is 9.59 Å².